The fourth-order valence-corrected chi connectivity index (χ4v) is 5.24. The molecule has 4 rings (SSSR count). The number of carbonyl (C=O) groups is 1. The second-order valence-corrected chi connectivity index (χ2v) is 9.87. The Morgan fingerprint density at radius 2 is 1.85 bits per heavy atom. The van der Waals surface area contributed by atoms with Crippen LogP contribution < -0.4 is 5.32 Å². The molecule has 0 radical (unpaired) electrons. The molecule has 0 spiro atoms. The molecule has 7 heteroatoms. The van der Waals surface area contributed by atoms with Gasteiger partial charge in [0.25, 0.3) is 5.91 Å². The zero-order chi connectivity index (χ0) is 18.3. The topological polar surface area (TPSA) is 54.9 Å². The zero-order valence-electron chi connectivity index (χ0n) is 14.6. The van der Waals surface area contributed by atoms with E-state index >= 15 is 0 Å². The number of hydrogen-bond donors (Lipinski definition) is 1. The summed E-state index contributed by atoms with van der Waals surface area (Å²) in [6.45, 7) is 6.33. The van der Waals surface area contributed by atoms with Gasteiger partial charge in [-0.05, 0) is 24.3 Å². The smallest absolute Gasteiger partial charge is 0.267 e. The van der Waals surface area contributed by atoms with E-state index in [4.69, 9.17) is 0 Å². The van der Waals surface area contributed by atoms with E-state index in [1.54, 1.807) is 11.3 Å². The average Bonchev–Trinajstić information content (AvgIpc) is 3.32. The van der Waals surface area contributed by atoms with Crippen molar-refractivity contribution in [3.63, 3.8) is 0 Å². The molecular formula is C19H17N3OS3. The lowest BCUT2D eigenvalue weighted by Crippen LogP contribution is -2.13. The first-order valence-corrected chi connectivity index (χ1v) is 10.6. The van der Waals surface area contributed by atoms with Crippen LogP contribution in [0.1, 0.15) is 36.1 Å². The fourth-order valence-electron chi connectivity index (χ4n) is 2.39. The summed E-state index contributed by atoms with van der Waals surface area (Å²) in [5.41, 5.74) is 1.95. The van der Waals surface area contributed by atoms with Crippen molar-refractivity contribution >= 4 is 55.3 Å². The zero-order valence-corrected chi connectivity index (χ0v) is 17.0. The van der Waals surface area contributed by atoms with Gasteiger partial charge in [-0.2, -0.15) is 0 Å². The molecule has 0 aliphatic carbocycles. The molecule has 0 atom stereocenters. The number of benzene rings is 1. The monoisotopic (exact) mass is 399 g/mol. The molecule has 0 fully saturated rings. The number of carbonyl (C=O) groups excluding carboxylic acids is 1. The molecule has 0 unspecified atom stereocenters. The molecule has 26 heavy (non-hydrogen) atoms. The van der Waals surface area contributed by atoms with E-state index in [9.17, 15) is 4.79 Å². The molecule has 1 N–H and O–H groups in total. The molecular weight excluding hydrogens is 382 g/mol. The normalized spacial score (nSPS) is 11.8. The summed E-state index contributed by atoms with van der Waals surface area (Å²) in [5, 5.41) is 6.48. The molecule has 0 saturated carbocycles. The van der Waals surface area contributed by atoms with Crippen LogP contribution in [0, 0.1) is 0 Å². The molecule has 0 bridgehead atoms. The molecule has 1 amide bonds. The highest BCUT2D eigenvalue weighted by Gasteiger charge is 2.19. The van der Waals surface area contributed by atoms with E-state index in [0.717, 1.165) is 25.8 Å². The van der Waals surface area contributed by atoms with Crippen LogP contribution in [0.4, 0.5) is 5.13 Å². The van der Waals surface area contributed by atoms with Crippen molar-refractivity contribution in [1.29, 1.82) is 0 Å². The Hall–Kier alpha value is -2.09. The SMILES string of the molecule is CC(C)(C)c1csc(NC(=O)c2ccc(-c3nc4ccccc4s3)s2)n1. The summed E-state index contributed by atoms with van der Waals surface area (Å²) in [7, 11) is 0. The molecule has 1 aromatic carbocycles. The summed E-state index contributed by atoms with van der Waals surface area (Å²) >= 11 is 4.55. The minimum Gasteiger partial charge on any atom is -0.297 e. The van der Waals surface area contributed by atoms with Crippen LogP contribution in [0.25, 0.3) is 20.1 Å². The highest BCUT2D eigenvalue weighted by molar-refractivity contribution is 7.26. The summed E-state index contributed by atoms with van der Waals surface area (Å²) in [6.07, 6.45) is 0. The third-order valence-electron chi connectivity index (χ3n) is 3.83. The lowest BCUT2D eigenvalue weighted by Gasteiger charge is -2.14. The number of fused-ring (bicyclic) bond motifs is 1. The first-order chi connectivity index (χ1) is 12.4. The van der Waals surface area contributed by atoms with Crippen molar-refractivity contribution in [3.8, 4) is 9.88 Å². The number of thiophene rings is 1. The maximum Gasteiger partial charge on any atom is 0.267 e. The first-order valence-electron chi connectivity index (χ1n) is 8.13. The van der Waals surface area contributed by atoms with Gasteiger partial charge in [-0.25, -0.2) is 9.97 Å². The van der Waals surface area contributed by atoms with Crippen LogP contribution in [-0.4, -0.2) is 15.9 Å². The van der Waals surface area contributed by atoms with Crippen LogP contribution in [0.3, 0.4) is 0 Å². The molecule has 4 nitrogen and oxygen atoms in total. The second-order valence-electron chi connectivity index (χ2n) is 6.89. The molecule has 4 aromatic rings. The summed E-state index contributed by atoms with van der Waals surface area (Å²) < 4.78 is 1.15. The van der Waals surface area contributed by atoms with Crippen LogP contribution in [0.2, 0.25) is 0 Å². The second kappa shape index (κ2) is 6.57. The maximum atomic E-state index is 12.5. The van der Waals surface area contributed by atoms with Crippen LogP contribution in [-0.2, 0) is 5.41 Å². The van der Waals surface area contributed by atoms with Crippen molar-refractivity contribution in [2.75, 3.05) is 5.32 Å². The van der Waals surface area contributed by atoms with Gasteiger partial charge in [0, 0.05) is 10.8 Å². The Balaban J connectivity index is 1.53. The highest BCUT2D eigenvalue weighted by Crippen LogP contribution is 2.35. The van der Waals surface area contributed by atoms with E-state index in [-0.39, 0.29) is 11.3 Å². The number of hydrogen-bond acceptors (Lipinski definition) is 6. The Labute approximate surface area is 163 Å². The predicted octanol–water partition coefficient (Wildman–Crippen LogP) is 6.03. The van der Waals surface area contributed by atoms with Gasteiger partial charge < -0.3 is 0 Å². The van der Waals surface area contributed by atoms with Gasteiger partial charge in [0.1, 0.15) is 5.01 Å². The number of nitrogens with zero attached hydrogens (tertiary/aromatic N) is 2. The summed E-state index contributed by atoms with van der Waals surface area (Å²) in [4.78, 5) is 23.4. The van der Waals surface area contributed by atoms with Gasteiger partial charge in [-0.1, -0.05) is 32.9 Å². The third-order valence-corrected chi connectivity index (χ3v) is 6.87. The molecule has 3 aromatic heterocycles. The van der Waals surface area contributed by atoms with Crippen molar-refractivity contribution < 1.29 is 4.79 Å². The average molecular weight is 400 g/mol. The lowest BCUT2D eigenvalue weighted by molar-refractivity contribution is 0.103. The third kappa shape index (κ3) is 3.42. The number of rotatable bonds is 3. The summed E-state index contributed by atoms with van der Waals surface area (Å²) in [5.74, 6) is -0.128. The molecule has 3 heterocycles. The quantitative estimate of drug-likeness (QED) is 0.457. The van der Waals surface area contributed by atoms with E-state index in [0.29, 0.717) is 10.0 Å². The molecule has 132 valence electrons. The van der Waals surface area contributed by atoms with Gasteiger partial charge >= 0.3 is 0 Å². The number of nitrogens with one attached hydrogen (secondary N) is 1. The lowest BCUT2D eigenvalue weighted by atomic mass is 9.93. The van der Waals surface area contributed by atoms with E-state index in [2.05, 4.69) is 42.1 Å². The van der Waals surface area contributed by atoms with Crippen LogP contribution in [0.15, 0.2) is 41.8 Å². The van der Waals surface area contributed by atoms with Crippen LogP contribution in [0.5, 0.6) is 0 Å². The number of thiazole rings is 2. The van der Waals surface area contributed by atoms with Crippen molar-refractivity contribution in [3.05, 3.63) is 52.3 Å². The minimum atomic E-state index is -0.128. The molecule has 0 saturated heterocycles. The maximum absolute atomic E-state index is 12.5. The van der Waals surface area contributed by atoms with E-state index in [1.807, 2.05) is 35.7 Å². The number of anilines is 1. The standard InChI is InChI=1S/C19H17N3OS3/c1-19(2,3)15-10-24-18(21-15)22-16(23)13-8-9-14(25-13)17-20-11-6-4-5-7-12(11)26-17/h4-10H,1-3H3,(H,21,22,23). The van der Waals surface area contributed by atoms with Crippen LogP contribution >= 0.6 is 34.0 Å². The fraction of sp³-hybridized carbons (Fsp3) is 0.211. The number of para-hydroxylation sites is 1. The van der Waals surface area contributed by atoms with Gasteiger partial charge in [0.2, 0.25) is 0 Å². The number of amides is 1. The molecule has 0 aliphatic heterocycles. The number of aromatic nitrogens is 2. The van der Waals surface area contributed by atoms with Gasteiger partial charge in [-0.3, -0.25) is 10.1 Å². The largest absolute Gasteiger partial charge is 0.297 e. The van der Waals surface area contributed by atoms with Crippen molar-refractivity contribution in [1.82, 2.24) is 9.97 Å². The Morgan fingerprint density at radius 1 is 1.04 bits per heavy atom. The highest BCUT2D eigenvalue weighted by atomic mass is 32.1. The van der Waals surface area contributed by atoms with Gasteiger partial charge in [-0.15, -0.1) is 34.0 Å². The first kappa shape index (κ1) is 17.3. The summed E-state index contributed by atoms with van der Waals surface area (Å²) in [6, 6.07) is 11.9. The predicted molar refractivity (Wildman–Crippen MR) is 112 cm³/mol. The Morgan fingerprint density at radius 3 is 2.58 bits per heavy atom. The van der Waals surface area contributed by atoms with E-state index < -0.39 is 0 Å². The van der Waals surface area contributed by atoms with E-state index in [1.165, 1.54) is 22.7 Å². The Kier molecular flexibility index (Phi) is 4.38. The van der Waals surface area contributed by atoms with Gasteiger partial charge in [0.05, 0.1) is 25.7 Å². The Bertz CT molecular complexity index is 1050. The molecule has 0 aliphatic rings. The minimum absolute atomic E-state index is 0.0254. The van der Waals surface area contributed by atoms with Crippen molar-refractivity contribution in [2.45, 2.75) is 26.2 Å². The van der Waals surface area contributed by atoms with Crippen molar-refractivity contribution in [2.24, 2.45) is 0 Å². The van der Waals surface area contributed by atoms with Gasteiger partial charge in [0.15, 0.2) is 5.13 Å².